The summed E-state index contributed by atoms with van der Waals surface area (Å²) in [4.78, 5) is 15.0. The molecule has 2 atom stereocenters. The summed E-state index contributed by atoms with van der Waals surface area (Å²) in [5.41, 5.74) is 0.962. The third kappa shape index (κ3) is 4.55. The molecule has 0 radical (unpaired) electrons. The van der Waals surface area contributed by atoms with E-state index in [9.17, 15) is 4.79 Å². The molecule has 2 heterocycles. The number of hydrogen-bond donors (Lipinski definition) is 2. The van der Waals surface area contributed by atoms with E-state index in [-0.39, 0.29) is 18.7 Å². The predicted octanol–water partition coefficient (Wildman–Crippen LogP) is 2.07. The Morgan fingerprint density at radius 1 is 1.11 bits per heavy atom. The molecule has 3 aliphatic rings. The van der Waals surface area contributed by atoms with Gasteiger partial charge in [0.15, 0.2) is 11.5 Å². The van der Waals surface area contributed by atoms with Crippen LogP contribution in [0.4, 0.5) is 0 Å². The summed E-state index contributed by atoms with van der Waals surface area (Å²) in [6.07, 6.45) is 6.28. The number of benzene rings is 1. The van der Waals surface area contributed by atoms with Gasteiger partial charge in [0, 0.05) is 18.1 Å². The van der Waals surface area contributed by atoms with E-state index in [0.717, 1.165) is 29.9 Å². The molecule has 1 saturated heterocycles. The van der Waals surface area contributed by atoms with Gasteiger partial charge in [-0.05, 0) is 69.4 Å². The van der Waals surface area contributed by atoms with Crippen LogP contribution in [0.1, 0.15) is 44.6 Å². The molecule has 0 unspecified atom stereocenters. The SMILES string of the molecule is CCCN1CCC(N[C@@H]2CC[C@@H]2NC(=O)Cc2ccc3c(c2)OCO3)CC1. The lowest BCUT2D eigenvalue weighted by atomic mass is 9.84. The van der Waals surface area contributed by atoms with Gasteiger partial charge in [0.25, 0.3) is 0 Å². The zero-order valence-electron chi connectivity index (χ0n) is 16.2. The highest BCUT2D eigenvalue weighted by Crippen LogP contribution is 2.32. The van der Waals surface area contributed by atoms with E-state index in [4.69, 9.17) is 9.47 Å². The maximum absolute atomic E-state index is 12.5. The fourth-order valence-corrected chi connectivity index (χ4v) is 4.31. The second-order valence-electron chi connectivity index (χ2n) is 8.00. The summed E-state index contributed by atoms with van der Waals surface area (Å²) in [6, 6.07) is 7.00. The summed E-state index contributed by atoms with van der Waals surface area (Å²) < 4.78 is 10.7. The molecule has 0 spiro atoms. The van der Waals surface area contributed by atoms with E-state index in [1.54, 1.807) is 0 Å². The van der Waals surface area contributed by atoms with Crippen LogP contribution in [0.25, 0.3) is 0 Å². The van der Waals surface area contributed by atoms with Crippen LogP contribution in [0.5, 0.6) is 11.5 Å². The third-order valence-electron chi connectivity index (χ3n) is 6.00. The van der Waals surface area contributed by atoms with Crippen molar-refractivity contribution >= 4 is 5.91 Å². The Bertz CT molecular complexity index is 658. The van der Waals surface area contributed by atoms with Gasteiger partial charge >= 0.3 is 0 Å². The molecule has 27 heavy (non-hydrogen) atoms. The number of hydrogen-bond acceptors (Lipinski definition) is 5. The van der Waals surface area contributed by atoms with Crippen molar-refractivity contribution in [1.29, 1.82) is 0 Å². The van der Waals surface area contributed by atoms with Gasteiger partial charge in [0.1, 0.15) is 0 Å². The van der Waals surface area contributed by atoms with Crippen molar-refractivity contribution in [2.24, 2.45) is 0 Å². The molecule has 2 N–H and O–H groups in total. The molecule has 4 rings (SSSR count). The number of carbonyl (C=O) groups is 1. The second-order valence-corrected chi connectivity index (χ2v) is 8.00. The predicted molar refractivity (Wildman–Crippen MR) is 104 cm³/mol. The largest absolute Gasteiger partial charge is 0.454 e. The number of nitrogens with zero attached hydrogens (tertiary/aromatic N) is 1. The Labute approximate surface area is 161 Å². The molecule has 2 fully saturated rings. The number of amides is 1. The Balaban J connectivity index is 1.21. The fourth-order valence-electron chi connectivity index (χ4n) is 4.31. The van der Waals surface area contributed by atoms with Crippen LogP contribution in [0.15, 0.2) is 18.2 Å². The van der Waals surface area contributed by atoms with Crippen LogP contribution < -0.4 is 20.1 Å². The first-order valence-corrected chi connectivity index (χ1v) is 10.4. The van der Waals surface area contributed by atoms with Gasteiger partial charge in [0.05, 0.1) is 6.42 Å². The van der Waals surface area contributed by atoms with E-state index >= 15 is 0 Å². The molecule has 6 heteroatoms. The maximum Gasteiger partial charge on any atom is 0.231 e. The van der Waals surface area contributed by atoms with Crippen molar-refractivity contribution in [2.75, 3.05) is 26.4 Å². The minimum Gasteiger partial charge on any atom is -0.454 e. The number of rotatable bonds is 7. The average Bonchev–Trinajstić information content (AvgIpc) is 3.13. The number of fused-ring (bicyclic) bond motifs is 1. The van der Waals surface area contributed by atoms with Crippen molar-refractivity contribution in [3.8, 4) is 11.5 Å². The Hall–Kier alpha value is -1.79. The molecule has 1 aliphatic carbocycles. The minimum atomic E-state index is 0.0862. The molecule has 148 valence electrons. The summed E-state index contributed by atoms with van der Waals surface area (Å²) in [7, 11) is 0. The second kappa shape index (κ2) is 8.48. The molecule has 1 saturated carbocycles. The molecule has 0 aromatic heterocycles. The number of nitrogens with one attached hydrogen (secondary N) is 2. The number of carbonyl (C=O) groups excluding carboxylic acids is 1. The molecule has 2 aliphatic heterocycles. The van der Waals surface area contributed by atoms with Crippen LogP contribution in [0, 0.1) is 0 Å². The summed E-state index contributed by atoms with van der Waals surface area (Å²) >= 11 is 0. The zero-order valence-corrected chi connectivity index (χ0v) is 16.2. The van der Waals surface area contributed by atoms with Crippen LogP contribution in [0.2, 0.25) is 0 Å². The summed E-state index contributed by atoms with van der Waals surface area (Å²) in [5, 5.41) is 7.01. The lowest BCUT2D eigenvalue weighted by Crippen LogP contribution is -2.60. The van der Waals surface area contributed by atoms with Crippen molar-refractivity contribution in [3.05, 3.63) is 23.8 Å². The van der Waals surface area contributed by atoms with Gasteiger partial charge in [-0.15, -0.1) is 0 Å². The topological polar surface area (TPSA) is 62.8 Å². The van der Waals surface area contributed by atoms with E-state index in [1.165, 1.54) is 38.9 Å². The highest BCUT2D eigenvalue weighted by molar-refractivity contribution is 5.79. The molecular weight excluding hydrogens is 342 g/mol. The van der Waals surface area contributed by atoms with E-state index in [1.807, 2.05) is 18.2 Å². The fraction of sp³-hybridized carbons (Fsp3) is 0.667. The van der Waals surface area contributed by atoms with Crippen molar-refractivity contribution < 1.29 is 14.3 Å². The Kier molecular flexibility index (Phi) is 5.83. The standard InChI is InChI=1S/C21H31N3O3/c1-2-9-24-10-7-16(8-11-24)22-17-4-5-18(17)23-21(25)13-15-3-6-19-20(12-15)27-14-26-19/h3,6,12,16-18,22H,2,4-5,7-11,13-14H2,1H3,(H,23,25)/t17-,18+/m1/s1. The average molecular weight is 373 g/mol. The molecule has 6 nitrogen and oxygen atoms in total. The quantitative estimate of drug-likeness (QED) is 0.766. The van der Waals surface area contributed by atoms with E-state index in [0.29, 0.717) is 18.5 Å². The summed E-state index contributed by atoms with van der Waals surface area (Å²) in [5.74, 6) is 1.58. The highest BCUT2D eigenvalue weighted by atomic mass is 16.7. The smallest absolute Gasteiger partial charge is 0.231 e. The molecular formula is C21H31N3O3. The van der Waals surface area contributed by atoms with Gasteiger partial charge in [-0.1, -0.05) is 13.0 Å². The van der Waals surface area contributed by atoms with Crippen molar-refractivity contribution in [2.45, 2.75) is 63.6 Å². The first-order chi connectivity index (χ1) is 13.2. The van der Waals surface area contributed by atoms with Gasteiger partial charge in [-0.3, -0.25) is 4.79 Å². The summed E-state index contributed by atoms with van der Waals surface area (Å²) in [6.45, 7) is 6.11. The van der Waals surface area contributed by atoms with Crippen LogP contribution in [0.3, 0.4) is 0 Å². The lowest BCUT2D eigenvalue weighted by molar-refractivity contribution is -0.122. The zero-order chi connectivity index (χ0) is 18.6. The molecule has 1 aromatic rings. The highest BCUT2D eigenvalue weighted by Gasteiger charge is 2.34. The Morgan fingerprint density at radius 3 is 2.63 bits per heavy atom. The normalized spacial score (nSPS) is 25.2. The third-order valence-corrected chi connectivity index (χ3v) is 6.00. The number of piperidine rings is 1. The van der Waals surface area contributed by atoms with Gasteiger partial charge < -0.3 is 25.0 Å². The monoisotopic (exact) mass is 373 g/mol. The van der Waals surface area contributed by atoms with Crippen LogP contribution in [-0.4, -0.2) is 55.4 Å². The van der Waals surface area contributed by atoms with Gasteiger partial charge in [-0.2, -0.15) is 0 Å². The van der Waals surface area contributed by atoms with Crippen molar-refractivity contribution in [3.63, 3.8) is 0 Å². The van der Waals surface area contributed by atoms with Gasteiger partial charge in [-0.25, -0.2) is 0 Å². The number of likely N-dealkylation sites (tertiary alicyclic amines) is 1. The molecule has 1 aromatic carbocycles. The first kappa shape index (κ1) is 18.6. The maximum atomic E-state index is 12.5. The van der Waals surface area contributed by atoms with E-state index < -0.39 is 0 Å². The van der Waals surface area contributed by atoms with Gasteiger partial charge in [0.2, 0.25) is 12.7 Å². The minimum absolute atomic E-state index is 0.0862. The van der Waals surface area contributed by atoms with Crippen LogP contribution in [-0.2, 0) is 11.2 Å². The number of ether oxygens (including phenoxy) is 2. The molecule has 1 amide bonds. The van der Waals surface area contributed by atoms with Crippen LogP contribution >= 0.6 is 0 Å². The van der Waals surface area contributed by atoms with E-state index in [2.05, 4.69) is 22.5 Å². The lowest BCUT2D eigenvalue weighted by Gasteiger charge is -2.42. The molecule has 0 bridgehead atoms. The Morgan fingerprint density at radius 2 is 1.89 bits per heavy atom. The first-order valence-electron chi connectivity index (χ1n) is 10.4. The van der Waals surface area contributed by atoms with Crippen molar-refractivity contribution in [1.82, 2.24) is 15.5 Å².